The maximum absolute atomic E-state index is 12.3. The molecule has 2 aromatic rings. The third-order valence-electron chi connectivity index (χ3n) is 3.83. The number of halogens is 3. The van der Waals surface area contributed by atoms with E-state index in [1.54, 1.807) is 24.3 Å². The van der Waals surface area contributed by atoms with Crippen LogP contribution in [0.15, 0.2) is 66.1 Å². The van der Waals surface area contributed by atoms with Crippen molar-refractivity contribution in [2.75, 3.05) is 13.2 Å². The largest absolute Gasteiger partial charge is 0.411 e. The Morgan fingerprint density at radius 2 is 1.77 bits per heavy atom. The second-order valence-electron chi connectivity index (χ2n) is 6.28. The number of rotatable bonds is 10. The van der Waals surface area contributed by atoms with Crippen molar-refractivity contribution in [2.24, 2.45) is 0 Å². The van der Waals surface area contributed by atoms with Crippen LogP contribution in [-0.2, 0) is 27.9 Å². The van der Waals surface area contributed by atoms with Gasteiger partial charge < -0.3 is 10.1 Å². The summed E-state index contributed by atoms with van der Waals surface area (Å²) in [5.74, 6) is -0.464. The Morgan fingerprint density at radius 3 is 2.40 bits per heavy atom. The molecule has 0 unspecified atom stereocenters. The van der Waals surface area contributed by atoms with Crippen molar-refractivity contribution in [3.05, 3.63) is 77.9 Å². The van der Waals surface area contributed by atoms with Crippen molar-refractivity contribution < 1.29 is 31.1 Å². The van der Waals surface area contributed by atoms with E-state index in [0.29, 0.717) is 5.56 Å². The van der Waals surface area contributed by atoms with Gasteiger partial charge in [-0.15, -0.1) is 6.58 Å². The van der Waals surface area contributed by atoms with Crippen molar-refractivity contribution in [2.45, 2.75) is 24.2 Å². The van der Waals surface area contributed by atoms with Gasteiger partial charge in [0.15, 0.2) is 0 Å². The summed E-state index contributed by atoms with van der Waals surface area (Å²) >= 11 is 0. The summed E-state index contributed by atoms with van der Waals surface area (Å²) in [5, 5.41) is 2.67. The van der Waals surface area contributed by atoms with E-state index >= 15 is 0 Å². The lowest BCUT2D eigenvalue weighted by Gasteiger charge is -2.10. The number of carbonyl (C=O) groups is 1. The maximum atomic E-state index is 12.3. The average molecular weight is 442 g/mol. The molecule has 0 spiro atoms. The average Bonchev–Trinajstić information content (AvgIpc) is 2.70. The van der Waals surface area contributed by atoms with Crippen LogP contribution in [0.2, 0.25) is 0 Å². The van der Waals surface area contributed by atoms with Crippen LogP contribution in [0.5, 0.6) is 0 Å². The van der Waals surface area contributed by atoms with Gasteiger partial charge in [0.25, 0.3) is 5.91 Å². The van der Waals surface area contributed by atoms with E-state index in [1.807, 2.05) is 0 Å². The molecule has 30 heavy (non-hydrogen) atoms. The van der Waals surface area contributed by atoms with Gasteiger partial charge in [-0.3, -0.25) is 4.79 Å². The SMILES string of the molecule is C=CCNS(=O)(=O)c1cccc(C(=O)NCc2ccc(COCC(F)(F)F)cc2)c1. The van der Waals surface area contributed by atoms with Crippen LogP contribution in [0, 0.1) is 0 Å². The molecule has 1 amide bonds. The van der Waals surface area contributed by atoms with E-state index in [4.69, 9.17) is 0 Å². The number of ether oxygens (including phenoxy) is 1. The smallest absolute Gasteiger partial charge is 0.367 e. The van der Waals surface area contributed by atoms with E-state index in [2.05, 4.69) is 21.4 Å². The summed E-state index contributed by atoms with van der Waals surface area (Å²) < 4.78 is 67.4. The number of benzene rings is 2. The summed E-state index contributed by atoms with van der Waals surface area (Å²) in [7, 11) is -3.75. The molecule has 10 heteroatoms. The van der Waals surface area contributed by atoms with Gasteiger partial charge in [-0.25, -0.2) is 13.1 Å². The number of sulfonamides is 1. The van der Waals surface area contributed by atoms with Crippen LogP contribution in [0.4, 0.5) is 13.2 Å². The molecule has 0 aliphatic rings. The summed E-state index contributed by atoms with van der Waals surface area (Å²) in [6.07, 6.45) is -2.97. The zero-order chi connectivity index (χ0) is 22.2. The zero-order valence-electron chi connectivity index (χ0n) is 15.9. The van der Waals surface area contributed by atoms with Crippen molar-refractivity contribution in [1.82, 2.24) is 10.0 Å². The lowest BCUT2D eigenvalue weighted by Crippen LogP contribution is -2.25. The Kier molecular flexibility index (Phi) is 8.16. The first-order valence-corrected chi connectivity index (χ1v) is 10.3. The van der Waals surface area contributed by atoms with Gasteiger partial charge in [0.1, 0.15) is 6.61 Å². The Bertz CT molecular complexity index is 974. The molecule has 0 saturated heterocycles. The predicted molar refractivity (Wildman–Crippen MR) is 105 cm³/mol. The Labute approximate surface area is 172 Å². The third-order valence-corrected chi connectivity index (χ3v) is 5.26. The number of alkyl halides is 3. The Hall–Kier alpha value is -2.69. The van der Waals surface area contributed by atoms with E-state index in [9.17, 15) is 26.4 Å². The van der Waals surface area contributed by atoms with Crippen molar-refractivity contribution in [1.29, 1.82) is 0 Å². The molecule has 0 aromatic heterocycles. The van der Waals surface area contributed by atoms with Gasteiger partial charge in [0, 0.05) is 18.7 Å². The zero-order valence-corrected chi connectivity index (χ0v) is 16.7. The summed E-state index contributed by atoms with van der Waals surface area (Å²) in [5.41, 5.74) is 1.47. The second-order valence-corrected chi connectivity index (χ2v) is 8.04. The van der Waals surface area contributed by atoms with Gasteiger partial charge in [0.2, 0.25) is 10.0 Å². The first kappa shape index (κ1) is 23.6. The molecule has 2 aromatic carbocycles. The normalized spacial score (nSPS) is 11.8. The van der Waals surface area contributed by atoms with E-state index in [1.165, 1.54) is 30.3 Å². The highest BCUT2D eigenvalue weighted by Crippen LogP contribution is 2.16. The van der Waals surface area contributed by atoms with E-state index < -0.39 is 28.7 Å². The fraction of sp³-hybridized carbons (Fsp3) is 0.250. The predicted octanol–water partition coefficient (Wildman–Crippen LogP) is 3.16. The van der Waals surface area contributed by atoms with Crippen LogP contribution in [0.25, 0.3) is 0 Å². The quantitative estimate of drug-likeness (QED) is 0.554. The molecule has 0 saturated carbocycles. The van der Waals surface area contributed by atoms with E-state index in [0.717, 1.165) is 5.56 Å². The van der Waals surface area contributed by atoms with Gasteiger partial charge in [-0.05, 0) is 29.3 Å². The maximum Gasteiger partial charge on any atom is 0.411 e. The van der Waals surface area contributed by atoms with Crippen LogP contribution < -0.4 is 10.0 Å². The molecule has 6 nitrogen and oxygen atoms in total. The summed E-state index contributed by atoms with van der Waals surface area (Å²) in [6, 6.07) is 12.1. The molecule has 0 bridgehead atoms. The lowest BCUT2D eigenvalue weighted by atomic mass is 10.1. The minimum absolute atomic E-state index is 0.0415. The highest BCUT2D eigenvalue weighted by molar-refractivity contribution is 7.89. The van der Waals surface area contributed by atoms with Crippen LogP contribution >= 0.6 is 0 Å². The molecule has 0 heterocycles. The Balaban J connectivity index is 1.93. The van der Waals surface area contributed by atoms with Crippen LogP contribution in [0.1, 0.15) is 21.5 Å². The fourth-order valence-corrected chi connectivity index (χ4v) is 3.42. The molecule has 0 radical (unpaired) electrons. The number of nitrogens with one attached hydrogen (secondary N) is 2. The molecule has 0 fully saturated rings. The molecular formula is C20H21F3N2O4S. The molecule has 0 atom stereocenters. The topological polar surface area (TPSA) is 84.5 Å². The molecule has 0 aliphatic carbocycles. The van der Waals surface area contributed by atoms with Crippen LogP contribution in [0.3, 0.4) is 0 Å². The lowest BCUT2D eigenvalue weighted by molar-refractivity contribution is -0.176. The summed E-state index contributed by atoms with van der Waals surface area (Å²) in [4.78, 5) is 12.3. The first-order chi connectivity index (χ1) is 14.1. The van der Waals surface area contributed by atoms with Gasteiger partial charge in [-0.1, -0.05) is 36.4 Å². The van der Waals surface area contributed by atoms with Gasteiger partial charge >= 0.3 is 6.18 Å². The molecular weight excluding hydrogens is 421 g/mol. The minimum Gasteiger partial charge on any atom is -0.367 e. The minimum atomic E-state index is -4.37. The van der Waals surface area contributed by atoms with Crippen molar-refractivity contribution in [3.8, 4) is 0 Å². The number of hydrogen-bond donors (Lipinski definition) is 2. The first-order valence-electron chi connectivity index (χ1n) is 8.82. The number of carbonyl (C=O) groups excluding carboxylic acids is 1. The molecule has 2 N–H and O–H groups in total. The van der Waals surface area contributed by atoms with Crippen LogP contribution in [-0.4, -0.2) is 33.7 Å². The number of amides is 1. The van der Waals surface area contributed by atoms with Crippen molar-refractivity contribution >= 4 is 15.9 Å². The second kappa shape index (κ2) is 10.4. The monoisotopic (exact) mass is 442 g/mol. The molecule has 0 aliphatic heterocycles. The Morgan fingerprint density at radius 1 is 1.10 bits per heavy atom. The molecule has 2 rings (SSSR count). The number of hydrogen-bond acceptors (Lipinski definition) is 4. The standard InChI is InChI=1S/C20H21F3N2O4S/c1-2-10-25-30(27,28)18-5-3-4-17(11-18)19(26)24-12-15-6-8-16(9-7-15)13-29-14-20(21,22)23/h2-9,11,25H,1,10,12-14H2,(H,24,26). The van der Waals surface area contributed by atoms with Gasteiger partial charge in [-0.2, -0.15) is 13.2 Å². The van der Waals surface area contributed by atoms with E-state index in [-0.39, 0.29) is 30.2 Å². The van der Waals surface area contributed by atoms with Gasteiger partial charge in [0.05, 0.1) is 11.5 Å². The third kappa shape index (κ3) is 7.62. The van der Waals surface area contributed by atoms with Crippen molar-refractivity contribution in [3.63, 3.8) is 0 Å². The molecule has 162 valence electrons. The summed E-state index contributed by atoms with van der Waals surface area (Å²) in [6.45, 7) is 2.18. The highest BCUT2D eigenvalue weighted by atomic mass is 32.2. The highest BCUT2D eigenvalue weighted by Gasteiger charge is 2.27. The fourth-order valence-electron chi connectivity index (χ4n) is 2.38.